The molecule has 0 radical (unpaired) electrons. The van der Waals surface area contributed by atoms with Crippen LogP contribution in [0.5, 0.6) is 0 Å². The van der Waals surface area contributed by atoms with Crippen molar-refractivity contribution in [3.8, 4) is 0 Å². The minimum atomic E-state index is -2.80. The van der Waals surface area contributed by atoms with Crippen molar-refractivity contribution in [2.45, 2.75) is 83.4 Å². The molecule has 10 heteroatoms. The van der Waals surface area contributed by atoms with Crippen molar-refractivity contribution < 1.29 is 23.1 Å². The maximum absolute atomic E-state index is 14.1. The molecular weight excluding hydrogens is 454 g/mol. The first-order valence-corrected chi connectivity index (χ1v) is 11.3. The average molecular weight is 485 g/mol. The average Bonchev–Trinajstić information content (AvgIpc) is 2.64. The van der Waals surface area contributed by atoms with Gasteiger partial charge in [-0.2, -0.15) is 0 Å². The normalized spacial score (nSPS) is 27.7. The van der Waals surface area contributed by atoms with Crippen LogP contribution in [-0.2, 0) is 15.1 Å². The molecule has 1 heterocycles. The lowest BCUT2D eigenvalue weighted by Crippen LogP contribution is -2.59. The summed E-state index contributed by atoms with van der Waals surface area (Å²) in [5.74, 6) is -4.10. The van der Waals surface area contributed by atoms with E-state index in [0.717, 1.165) is 0 Å². The fourth-order valence-electron chi connectivity index (χ4n) is 4.34. The van der Waals surface area contributed by atoms with Crippen molar-refractivity contribution in [3.63, 3.8) is 0 Å². The number of hydrogen-bond donors (Lipinski definition) is 2. The number of aliphatic imine (C=N–C) groups is 1. The lowest BCUT2D eigenvalue weighted by atomic mass is 9.81. The van der Waals surface area contributed by atoms with E-state index in [1.54, 1.807) is 45.9 Å². The minimum Gasteiger partial charge on any atom is -0.444 e. The van der Waals surface area contributed by atoms with Crippen LogP contribution in [0.2, 0.25) is 5.02 Å². The third-order valence-electron chi connectivity index (χ3n) is 6.09. The van der Waals surface area contributed by atoms with Crippen LogP contribution in [0, 0.1) is 5.92 Å². The van der Waals surface area contributed by atoms with Gasteiger partial charge < -0.3 is 10.5 Å². The second-order valence-electron chi connectivity index (χ2n) is 10.1. The van der Waals surface area contributed by atoms with Crippen LogP contribution in [0.4, 0.5) is 19.3 Å². The zero-order valence-corrected chi connectivity index (χ0v) is 20.3. The molecule has 1 aliphatic heterocycles. The summed E-state index contributed by atoms with van der Waals surface area (Å²) < 4.78 is 33.6. The van der Waals surface area contributed by atoms with Crippen molar-refractivity contribution in [2.24, 2.45) is 10.9 Å². The van der Waals surface area contributed by atoms with E-state index in [9.17, 15) is 18.4 Å². The number of nitrogens with zero attached hydrogens (tertiary/aromatic N) is 2. The molecule has 2 amide bonds. The van der Waals surface area contributed by atoms with Gasteiger partial charge in [-0.3, -0.25) is 15.0 Å². The lowest BCUT2D eigenvalue weighted by molar-refractivity contribution is -0.136. The van der Waals surface area contributed by atoms with Gasteiger partial charge in [0.05, 0.1) is 22.7 Å². The van der Waals surface area contributed by atoms with Gasteiger partial charge in [0.1, 0.15) is 5.60 Å². The number of alkyl carbamates (subject to hydrolysis) is 1. The molecule has 7 nitrogen and oxygen atoms in total. The topological polar surface area (TPSA) is 97.0 Å². The highest BCUT2D eigenvalue weighted by Gasteiger charge is 2.48. The van der Waals surface area contributed by atoms with Gasteiger partial charge in [0.25, 0.3) is 5.92 Å². The molecule has 1 aliphatic carbocycles. The molecule has 1 aromatic carbocycles. The summed E-state index contributed by atoms with van der Waals surface area (Å²) >= 11 is 6.43. The molecule has 1 saturated carbocycles. The molecule has 1 aromatic rings. The number of nitrogen functional groups attached to an aromatic ring is 1. The summed E-state index contributed by atoms with van der Waals surface area (Å²) in [4.78, 5) is 32.0. The number of amides is 2. The second kappa shape index (κ2) is 8.74. The predicted octanol–water partition coefficient (Wildman–Crippen LogP) is 5.07. The molecule has 0 bridgehead atoms. The zero-order valence-electron chi connectivity index (χ0n) is 19.5. The van der Waals surface area contributed by atoms with Gasteiger partial charge in [-0.15, -0.1) is 0 Å². The fraction of sp³-hybridized carbons (Fsp3) is 0.609. The van der Waals surface area contributed by atoms with Crippen LogP contribution in [0.3, 0.4) is 0 Å². The Hall–Kier alpha value is -2.42. The predicted molar refractivity (Wildman–Crippen MR) is 123 cm³/mol. The van der Waals surface area contributed by atoms with E-state index < -0.39 is 35.1 Å². The van der Waals surface area contributed by atoms with Crippen LogP contribution in [-0.4, -0.2) is 40.4 Å². The zero-order chi connectivity index (χ0) is 24.8. The van der Waals surface area contributed by atoms with Crippen LogP contribution < -0.4 is 11.1 Å². The van der Waals surface area contributed by atoms with Crippen molar-refractivity contribution in [3.05, 3.63) is 28.8 Å². The Morgan fingerprint density at radius 1 is 1.36 bits per heavy atom. The van der Waals surface area contributed by atoms with E-state index in [4.69, 9.17) is 27.1 Å². The Kier molecular flexibility index (Phi) is 6.68. The number of anilines is 1. The number of carbonyl (C=O) groups is 2. The van der Waals surface area contributed by atoms with Crippen LogP contribution >= 0.6 is 11.6 Å². The Labute approximate surface area is 197 Å². The Balaban J connectivity index is 2.02. The molecule has 0 unspecified atom stereocenters. The van der Waals surface area contributed by atoms with Gasteiger partial charge in [-0.1, -0.05) is 30.7 Å². The highest BCUT2D eigenvalue weighted by atomic mass is 35.5. The van der Waals surface area contributed by atoms with E-state index >= 15 is 0 Å². The largest absolute Gasteiger partial charge is 0.444 e. The highest BCUT2D eigenvalue weighted by Crippen LogP contribution is 2.43. The molecule has 0 saturated heterocycles. The minimum absolute atomic E-state index is 0.0380. The van der Waals surface area contributed by atoms with Gasteiger partial charge in [0.15, 0.2) is 0 Å². The van der Waals surface area contributed by atoms with Crippen molar-refractivity contribution in [2.75, 3.05) is 5.73 Å². The van der Waals surface area contributed by atoms with Gasteiger partial charge in [-0.25, -0.2) is 18.6 Å². The van der Waals surface area contributed by atoms with Crippen molar-refractivity contribution in [1.82, 2.24) is 10.2 Å². The fourth-order valence-corrected chi connectivity index (χ4v) is 4.67. The number of alkyl halides is 2. The number of ether oxygens (including phenoxy) is 1. The smallest absolute Gasteiger partial charge is 0.414 e. The number of hydrogen-bond acceptors (Lipinski definition) is 5. The number of nitrogens with one attached hydrogen (secondary N) is 1. The van der Waals surface area contributed by atoms with E-state index in [1.807, 2.05) is 0 Å². The summed E-state index contributed by atoms with van der Waals surface area (Å²) in [6.07, 6.45) is -1.02. The van der Waals surface area contributed by atoms with Gasteiger partial charge >= 0.3 is 6.09 Å². The first kappa shape index (κ1) is 25.2. The van der Waals surface area contributed by atoms with Crippen LogP contribution in [0.25, 0.3) is 0 Å². The van der Waals surface area contributed by atoms with Gasteiger partial charge in [-0.05, 0) is 46.6 Å². The monoisotopic (exact) mass is 484 g/mol. The standard InChI is InChI=1S/C23H31ClF2N4O3/c1-13-11-14(9-10-23(13,25)26)30-17(31)12-22(5,15-7-6-8-16(27)18(15)24)29-19(30)28-20(32)33-21(2,3)4/h6-8,13-14H,9-12,27H2,1-5H3,(H,28,29,32)/t13-,14-,22+/m1/s1. The number of halogens is 3. The Morgan fingerprint density at radius 3 is 2.64 bits per heavy atom. The molecule has 182 valence electrons. The van der Waals surface area contributed by atoms with Crippen molar-refractivity contribution in [1.29, 1.82) is 0 Å². The molecule has 2 aliphatic rings. The molecule has 0 spiro atoms. The summed E-state index contributed by atoms with van der Waals surface area (Å²) in [5, 5.41) is 2.85. The summed E-state index contributed by atoms with van der Waals surface area (Å²) in [6.45, 7) is 8.31. The molecule has 0 aromatic heterocycles. The third kappa shape index (κ3) is 5.39. The quantitative estimate of drug-likeness (QED) is 0.572. The lowest BCUT2D eigenvalue weighted by Gasteiger charge is -2.44. The first-order valence-electron chi connectivity index (χ1n) is 11.0. The van der Waals surface area contributed by atoms with E-state index in [-0.39, 0.29) is 42.6 Å². The maximum Gasteiger partial charge on any atom is 0.414 e. The highest BCUT2D eigenvalue weighted by molar-refractivity contribution is 6.34. The Morgan fingerprint density at radius 2 is 2.03 bits per heavy atom. The number of guanidine groups is 1. The number of carbonyl (C=O) groups excluding carboxylic acids is 2. The molecular formula is C23H31ClF2N4O3. The molecule has 3 rings (SSSR count). The van der Waals surface area contributed by atoms with Crippen LogP contribution in [0.1, 0.15) is 65.9 Å². The second-order valence-corrected chi connectivity index (χ2v) is 10.5. The van der Waals surface area contributed by atoms with E-state index in [2.05, 4.69) is 5.32 Å². The van der Waals surface area contributed by atoms with Crippen molar-refractivity contribution >= 4 is 35.2 Å². The molecule has 1 fully saturated rings. The number of rotatable bonds is 2. The summed E-state index contributed by atoms with van der Waals surface area (Å²) in [7, 11) is 0. The molecule has 3 atom stereocenters. The van der Waals surface area contributed by atoms with E-state index in [0.29, 0.717) is 11.3 Å². The van der Waals surface area contributed by atoms with Crippen LogP contribution in [0.15, 0.2) is 23.2 Å². The summed E-state index contributed by atoms with van der Waals surface area (Å²) in [5.41, 5.74) is 4.93. The van der Waals surface area contributed by atoms with Gasteiger partial charge in [0, 0.05) is 23.9 Å². The maximum atomic E-state index is 14.1. The third-order valence-corrected chi connectivity index (χ3v) is 6.51. The SMILES string of the molecule is C[C@@H]1C[C@H](N2C(=O)C[C@@](C)(c3cccc(N)c3Cl)N=C2NC(=O)OC(C)(C)C)CCC1(F)F. The molecule has 33 heavy (non-hydrogen) atoms. The number of nitrogens with two attached hydrogens (primary N) is 1. The summed E-state index contributed by atoms with van der Waals surface area (Å²) in [6, 6.07) is 4.54. The molecule has 3 N–H and O–H groups in total. The Bertz CT molecular complexity index is 979. The van der Waals surface area contributed by atoms with Gasteiger partial charge in [0.2, 0.25) is 11.9 Å². The van der Waals surface area contributed by atoms with E-state index in [1.165, 1.54) is 11.8 Å². The first-order chi connectivity index (χ1) is 15.1. The number of benzene rings is 1.